The van der Waals surface area contributed by atoms with Gasteiger partial charge in [-0.1, -0.05) is 37.6 Å². The molecule has 2 aromatic rings. The Morgan fingerprint density at radius 1 is 1.27 bits per heavy atom. The molecule has 0 saturated heterocycles. The number of carbonyl (C=O) groups excluding carboxylic acids is 2. The van der Waals surface area contributed by atoms with Crippen molar-refractivity contribution in [2.75, 3.05) is 6.54 Å². The number of aliphatic carboxylic acids is 1. The fraction of sp³-hybridized carbons (Fsp3) is 0.389. The number of fused-ring (bicyclic) bond motifs is 1. The van der Waals surface area contributed by atoms with Crippen molar-refractivity contribution in [2.45, 2.75) is 33.2 Å². The number of nitrogens with one attached hydrogen (secondary N) is 2. The van der Waals surface area contributed by atoms with E-state index in [1.54, 1.807) is 25.1 Å². The maximum Gasteiger partial charge on any atom is 0.326 e. The molecule has 1 aromatic heterocycles. The van der Waals surface area contributed by atoms with Crippen LogP contribution in [-0.2, 0) is 9.59 Å². The van der Waals surface area contributed by atoms with Crippen LogP contribution in [0.1, 0.15) is 36.4 Å². The predicted octanol–water partition coefficient (Wildman–Crippen LogP) is 2.74. The van der Waals surface area contributed by atoms with Gasteiger partial charge in [-0.15, -0.1) is 0 Å². The monoisotopic (exact) mass is 380 g/mol. The summed E-state index contributed by atoms with van der Waals surface area (Å²) in [5.74, 6) is -2.09. The first kappa shape index (κ1) is 19.8. The maximum atomic E-state index is 12.3. The number of hydrogen-bond donors (Lipinski definition) is 3. The number of benzene rings is 1. The fourth-order valence-corrected chi connectivity index (χ4v) is 2.82. The summed E-state index contributed by atoms with van der Waals surface area (Å²) >= 11 is 6.06. The zero-order chi connectivity index (χ0) is 19.4. The summed E-state index contributed by atoms with van der Waals surface area (Å²) in [4.78, 5) is 35.4. The second-order valence-corrected chi connectivity index (χ2v) is 6.85. The Balaban J connectivity index is 2.02. The lowest BCUT2D eigenvalue weighted by Crippen LogP contribution is -2.46. The smallest absolute Gasteiger partial charge is 0.326 e. The van der Waals surface area contributed by atoms with E-state index in [2.05, 4.69) is 10.6 Å². The van der Waals surface area contributed by atoms with E-state index < -0.39 is 23.8 Å². The third-order valence-electron chi connectivity index (χ3n) is 3.87. The van der Waals surface area contributed by atoms with Gasteiger partial charge in [0.15, 0.2) is 11.3 Å². The molecule has 3 N–H and O–H groups in total. The number of rotatable bonds is 7. The lowest BCUT2D eigenvalue weighted by molar-refractivity contribution is -0.142. The minimum atomic E-state index is -1.11. The first-order valence-corrected chi connectivity index (χ1v) is 8.56. The van der Waals surface area contributed by atoms with E-state index in [1.807, 2.05) is 13.8 Å². The van der Waals surface area contributed by atoms with Crippen molar-refractivity contribution in [1.29, 1.82) is 0 Å². The van der Waals surface area contributed by atoms with Gasteiger partial charge in [0, 0.05) is 10.9 Å². The average molecular weight is 381 g/mol. The van der Waals surface area contributed by atoms with Crippen molar-refractivity contribution in [3.63, 3.8) is 0 Å². The summed E-state index contributed by atoms with van der Waals surface area (Å²) in [7, 11) is 0. The largest absolute Gasteiger partial charge is 0.480 e. The van der Waals surface area contributed by atoms with Crippen molar-refractivity contribution in [3.8, 4) is 0 Å². The van der Waals surface area contributed by atoms with E-state index >= 15 is 0 Å². The van der Waals surface area contributed by atoms with Crippen LogP contribution in [0.15, 0.2) is 22.6 Å². The Labute approximate surface area is 155 Å². The Bertz CT molecular complexity index is 843. The molecule has 1 atom stereocenters. The van der Waals surface area contributed by atoms with Gasteiger partial charge in [-0.2, -0.15) is 0 Å². The molecule has 0 bridgehead atoms. The summed E-state index contributed by atoms with van der Waals surface area (Å²) in [5, 5.41) is 15.1. The molecule has 2 rings (SSSR count). The first-order valence-electron chi connectivity index (χ1n) is 8.18. The van der Waals surface area contributed by atoms with Gasteiger partial charge in [-0.05, 0) is 25.3 Å². The Kier molecular flexibility index (Phi) is 6.26. The van der Waals surface area contributed by atoms with Crippen molar-refractivity contribution < 1.29 is 23.9 Å². The number of furan rings is 1. The maximum absolute atomic E-state index is 12.3. The summed E-state index contributed by atoms with van der Waals surface area (Å²) in [6.45, 7) is 5.09. The number of para-hydroxylation sites is 1. The standard InChI is InChI=1S/C18H21ClN2O5/c1-9(2)7-13(18(24)25)21-14(22)8-20-17(23)15-10(3)11-5-4-6-12(19)16(11)26-15/h4-6,9,13H,7-8H2,1-3H3,(H,20,23)(H,21,22)(H,24,25)/t13-/m0/s1. The molecule has 0 unspecified atom stereocenters. The molecule has 140 valence electrons. The third kappa shape index (κ3) is 4.54. The van der Waals surface area contributed by atoms with Gasteiger partial charge in [-0.25, -0.2) is 4.79 Å². The molecule has 0 radical (unpaired) electrons. The molecular weight excluding hydrogens is 360 g/mol. The molecule has 1 heterocycles. The Morgan fingerprint density at radius 2 is 1.96 bits per heavy atom. The van der Waals surface area contributed by atoms with Crippen LogP contribution in [0.5, 0.6) is 0 Å². The topological polar surface area (TPSA) is 109 Å². The predicted molar refractivity (Wildman–Crippen MR) is 97.3 cm³/mol. The van der Waals surface area contributed by atoms with Gasteiger partial charge in [-0.3, -0.25) is 9.59 Å². The molecule has 0 aliphatic rings. The van der Waals surface area contributed by atoms with Gasteiger partial charge in [0.25, 0.3) is 5.91 Å². The van der Waals surface area contributed by atoms with Crippen LogP contribution in [-0.4, -0.2) is 35.5 Å². The summed E-state index contributed by atoms with van der Waals surface area (Å²) < 4.78 is 5.53. The molecule has 0 spiro atoms. The highest BCUT2D eigenvalue weighted by atomic mass is 35.5. The van der Waals surface area contributed by atoms with E-state index in [9.17, 15) is 14.4 Å². The van der Waals surface area contributed by atoms with Crippen LogP contribution in [0, 0.1) is 12.8 Å². The fourth-order valence-electron chi connectivity index (χ4n) is 2.60. The molecule has 26 heavy (non-hydrogen) atoms. The van der Waals surface area contributed by atoms with Gasteiger partial charge in [0.1, 0.15) is 6.04 Å². The lowest BCUT2D eigenvalue weighted by atomic mass is 10.0. The summed E-state index contributed by atoms with van der Waals surface area (Å²) in [5.41, 5.74) is 1.02. The Hall–Kier alpha value is -2.54. The van der Waals surface area contributed by atoms with E-state index in [-0.39, 0.29) is 18.2 Å². The molecule has 1 aromatic carbocycles. The molecule has 7 nitrogen and oxygen atoms in total. The van der Waals surface area contributed by atoms with Crippen LogP contribution < -0.4 is 10.6 Å². The van der Waals surface area contributed by atoms with Crippen molar-refractivity contribution in [3.05, 3.63) is 34.5 Å². The van der Waals surface area contributed by atoms with Crippen LogP contribution in [0.3, 0.4) is 0 Å². The number of amides is 2. The van der Waals surface area contributed by atoms with Crippen LogP contribution >= 0.6 is 11.6 Å². The lowest BCUT2D eigenvalue weighted by Gasteiger charge is -2.16. The minimum absolute atomic E-state index is 0.0675. The molecule has 0 saturated carbocycles. The minimum Gasteiger partial charge on any atom is -0.480 e. The zero-order valence-electron chi connectivity index (χ0n) is 14.8. The number of carboxylic acids is 1. The van der Waals surface area contributed by atoms with Crippen molar-refractivity contribution >= 4 is 40.4 Å². The van der Waals surface area contributed by atoms with E-state index in [0.29, 0.717) is 22.6 Å². The molecule has 0 aliphatic heterocycles. The highest BCUT2D eigenvalue weighted by Crippen LogP contribution is 2.30. The molecular formula is C18H21ClN2O5. The zero-order valence-corrected chi connectivity index (χ0v) is 15.5. The second-order valence-electron chi connectivity index (χ2n) is 6.44. The quantitative estimate of drug-likeness (QED) is 0.684. The highest BCUT2D eigenvalue weighted by molar-refractivity contribution is 6.35. The molecule has 2 amide bonds. The van der Waals surface area contributed by atoms with E-state index in [0.717, 1.165) is 5.39 Å². The molecule has 0 fully saturated rings. The van der Waals surface area contributed by atoms with Gasteiger partial charge < -0.3 is 20.2 Å². The van der Waals surface area contributed by atoms with Gasteiger partial charge in [0.05, 0.1) is 11.6 Å². The second kappa shape index (κ2) is 8.23. The summed E-state index contributed by atoms with van der Waals surface area (Å²) in [6, 6.07) is 4.20. The number of halogens is 1. The number of aryl methyl sites for hydroxylation is 1. The summed E-state index contributed by atoms with van der Waals surface area (Å²) in [6.07, 6.45) is 0.302. The van der Waals surface area contributed by atoms with Crippen LogP contribution in [0.4, 0.5) is 0 Å². The average Bonchev–Trinajstić information content (AvgIpc) is 2.90. The highest BCUT2D eigenvalue weighted by Gasteiger charge is 2.23. The van der Waals surface area contributed by atoms with E-state index in [4.69, 9.17) is 21.1 Å². The number of hydrogen-bond acceptors (Lipinski definition) is 4. The third-order valence-corrected chi connectivity index (χ3v) is 4.17. The van der Waals surface area contributed by atoms with Crippen molar-refractivity contribution in [2.24, 2.45) is 5.92 Å². The molecule has 8 heteroatoms. The normalized spacial score (nSPS) is 12.2. The van der Waals surface area contributed by atoms with Crippen molar-refractivity contribution in [1.82, 2.24) is 10.6 Å². The Morgan fingerprint density at radius 3 is 2.54 bits per heavy atom. The number of carbonyl (C=O) groups is 3. The first-order chi connectivity index (χ1) is 12.2. The molecule has 0 aliphatic carbocycles. The van der Waals surface area contributed by atoms with Crippen LogP contribution in [0.25, 0.3) is 11.0 Å². The van der Waals surface area contributed by atoms with Gasteiger partial charge >= 0.3 is 5.97 Å². The SMILES string of the molecule is Cc1c(C(=O)NCC(=O)N[C@@H](CC(C)C)C(=O)O)oc2c(Cl)cccc12. The van der Waals surface area contributed by atoms with E-state index in [1.165, 1.54) is 0 Å². The number of carboxylic acid groups (broad SMARTS) is 1. The van der Waals surface area contributed by atoms with Crippen LogP contribution in [0.2, 0.25) is 5.02 Å². The van der Waals surface area contributed by atoms with Gasteiger partial charge in [0.2, 0.25) is 5.91 Å².